The highest BCUT2D eigenvalue weighted by atomic mass is 16.6. The number of likely N-dealkylation sites (tertiary alicyclic amines) is 1. The van der Waals surface area contributed by atoms with Gasteiger partial charge < -0.3 is 20.1 Å². The molecule has 0 atom stereocenters. The number of rotatable bonds is 5. The fourth-order valence-corrected chi connectivity index (χ4v) is 3.71. The van der Waals surface area contributed by atoms with Crippen molar-refractivity contribution >= 4 is 11.7 Å². The maximum Gasteiger partial charge on any atom is 0.319 e. The Balaban J connectivity index is 1.33. The minimum Gasteiger partial charge on any atom is -0.486 e. The van der Waals surface area contributed by atoms with Gasteiger partial charge in [0.15, 0.2) is 11.5 Å². The first kappa shape index (κ1) is 18.6. The van der Waals surface area contributed by atoms with E-state index in [-0.39, 0.29) is 6.03 Å². The smallest absolute Gasteiger partial charge is 0.319 e. The third kappa shape index (κ3) is 4.75. The molecule has 0 saturated carbocycles. The molecule has 0 bridgehead atoms. The number of amides is 2. The molecule has 0 unspecified atom stereocenters. The highest BCUT2D eigenvalue weighted by Gasteiger charge is 2.14. The van der Waals surface area contributed by atoms with Crippen LogP contribution in [0.15, 0.2) is 42.5 Å². The molecular formula is C22H27N3O3. The number of anilines is 1. The molecule has 1 fully saturated rings. The Morgan fingerprint density at radius 2 is 1.68 bits per heavy atom. The van der Waals surface area contributed by atoms with Crippen LogP contribution in [0.5, 0.6) is 11.5 Å². The lowest BCUT2D eigenvalue weighted by Crippen LogP contribution is -2.31. The topological polar surface area (TPSA) is 62.8 Å². The Morgan fingerprint density at radius 1 is 0.929 bits per heavy atom. The van der Waals surface area contributed by atoms with Crippen LogP contribution in [-0.2, 0) is 13.1 Å². The molecule has 2 aliphatic rings. The molecule has 0 radical (unpaired) electrons. The Morgan fingerprint density at radius 3 is 2.50 bits per heavy atom. The van der Waals surface area contributed by atoms with Crippen LogP contribution in [0.2, 0.25) is 0 Å². The highest BCUT2D eigenvalue weighted by molar-refractivity contribution is 5.89. The SMILES string of the molecule is O=C(NCc1ccccc1CN1CCCCC1)Nc1ccc2c(c1)OCCO2. The Kier molecular flexibility index (Phi) is 5.97. The zero-order chi connectivity index (χ0) is 19.2. The molecule has 4 rings (SSSR count). The molecule has 6 nitrogen and oxygen atoms in total. The molecule has 0 aliphatic carbocycles. The van der Waals surface area contributed by atoms with Gasteiger partial charge in [0.2, 0.25) is 0 Å². The van der Waals surface area contributed by atoms with E-state index in [1.54, 1.807) is 6.07 Å². The molecule has 2 amide bonds. The van der Waals surface area contributed by atoms with Gasteiger partial charge in [-0.05, 0) is 49.2 Å². The summed E-state index contributed by atoms with van der Waals surface area (Å²) in [5, 5.41) is 5.83. The van der Waals surface area contributed by atoms with E-state index in [1.165, 1.54) is 24.8 Å². The van der Waals surface area contributed by atoms with E-state index in [4.69, 9.17) is 9.47 Å². The van der Waals surface area contributed by atoms with Crippen molar-refractivity contribution in [1.29, 1.82) is 0 Å². The van der Waals surface area contributed by atoms with Gasteiger partial charge in [-0.15, -0.1) is 0 Å². The molecule has 28 heavy (non-hydrogen) atoms. The van der Waals surface area contributed by atoms with Gasteiger partial charge in [0.1, 0.15) is 13.2 Å². The second kappa shape index (κ2) is 8.97. The number of carbonyl (C=O) groups is 1. The summed E-state index contributed by atoms with van der Waals surface area (Å²) >= 11 is 0. The van der Waals surface area contributed by atoms with Gasteiger partial charge in [0, 0.05) is 24.8 Å². The van der Waals surface area contributed by atoms with Crippen molar-refractivity contribution in [2.24, 2.45) is 0 Å². The third-order valence-corrected chi connectivity index (χ3v) is 5.20. The Hall–Kier alpha value is -2.73. The van der Waals surface area contributed by atoms with E-state index in [0.717, 1.165) is 25.2 Å². The van der Waals surface area contributed by atoms with Gasteiger partial charge in [-0.1, -0.05) is 30.7 Å². The molecular weight excluding hydrogens is 354 g/mol. The van der Waals surface area contributed by atoms with Crippen molar-refractivity contribution in [2.45, 2.75) is 32.4 Å². The first-order valence-electron chi connectivity index (χ1n) is 10.0. The number of benzene rings is 2. The number of hydrogen-bond acceptors (Lipinski definition) is 4. The number of hydrogen-bond donors (Lipinski definition) is 2. The molecule has 1 saturated heterocycles. The number of nitrogens with zero attached hydrogens (tertiary/aromatic N) is 1. The maximum atomic E-state index is 12.4. The minimum absolute atomic E-state index is 0.232. The standard InChI is InChI=1S/C22H27N3O3/c26-22(24-19-8-9-20-21(14-19)28-13-12-27-20)23-15-17-6-2-3-7-18(17)16-25-10-4-1-5-11-25/h2-3,6-9,14H,1,4-5,10-13,15-16H2,(H2,23,24,26). The lowest BCUT2D eigenvalue weighted by atomic mass is 10.0. The van der Waals surface area contributed by atoms with Gasteiger partial charge in [-0.2, -0.15) is 0 Å². The van der Waals surface area contributed by atoms with E-state index in [9.17, 15) is 4.79 Å². The summed E-state index contributed by atoms with van der Waals surface area (Å²) in [6.45, 7) is 4.84. The van der Waals surface area contributed by atoms with Gasteiger partial charge in [0.25, 0.3) is 0 Å². The Bertz CT molecular complexity index is 818. The molecule has 0 aromatic heterocycles. The third-order valence-electron chi connectivity index (χ3n) is 5.20. The first-order chi connectivity index (χ1) is 13.8. The number of carbonyl (C=O) groups excluding carboxylic acids is 1. The molecule has 2 aliphatic heterocycles. The summed E-state index contributed by atoms with van der Waals surface area (Å²) in [5.41, 5.74) is 3.12. The number of fused-ring (bicyclic) bond motifs is 1. The van der Waals surface area contributed by atoms with Gasteiger partial charge >= 0.3 is 6.03 Å². The predicted molar refractivity (Wildman–Crippen MR) is 109 cm³/mol. The Labute approximate surface area is 165 Å². The summed E-state index contributed by atoms with van der Waals surface area (Å²) in [7, 11) is 0. The molecule has 6 heteroatoms. The van der Waals surface area contributed by atoms with E-state index in [0.29, 0.717) is 36.9 Å². The average molecular weight is 381 g/mol. The van der Waals surface area contributed by atoms with Crippen LogP contribution < -0.4 is 20.1 Å². The lowest BCUT2D eigenvalue weighted by Gasteiger charge is -2.27. The van der Waals surface area contributed by atoms with Crippen molar-refractivity contribution < 1.29 is 14.3 Å². The van der Waals surface area contributed by atoms with Crippen molar-refractivity contribution in [3.05, 3.63) is 53.6 Å². The van der Waals surface area contributed by atoms with Gasteiger partial charge in [-0.3, -0.25) is 4.90 Å². The monoisotopic (exact) mass is 381 g/mol. The molecule has 2 aromatic carbocycles. The van der Waals surface area contributed by atoms with Gasteiger partial charge in [0.05, 0.1) is 0 Å². The lowest BCUT2D eigenvalue weighted by molar-refractivity contribution is 0.171. The average Bonchev–Trinajstić information content (AvgIpc) is 2.74. The van der Waals surface area contributed by atoms with Crippen molar-refractivity contribution in [2.75, 3.05) is 31.6 Å². The van der Waals surface area contributed by atoms with Crippen LogP contribution in [0.4, 0.5) is 10.5 Å². The van der Waals surface area contributed by atoms with Gasteiger partial charge in [-0.25, -0.2) is 4.79 Å². The minimum atomic E-state index is -0.232. The normalized spacial score (nSPS) is 16.4. The van der Waals surface area contributed by atoms with Crippen molar-refractivity contribution in [1.82, 2.24) is 10.2 Å². The largest absolute Gasteiger partial charge is 0.486 e. The quantitative estimate of drug-likeness (QED) is 0.828. The molecule has 2 N–H and O–H groups in total. The molecule has 2 aromatic rings. The number of piperidine rings is 1. The summed E-state index contributed by atoms with van der Waals surface area (Å²) < 4.78 is 11.1. The number of ether oxygens (including phenoxy) is 2. The second-order valence-corrected chi connectivity index (χ2v) is 7.27. The fourth-order valence-electron chi connectivity index (χ4n) is 3.71. The number of nitrogens with one attached hydrogen (secondary N) is 2. The zero-order valence-corrected chi connectivity index (χ0v) is 16.1. The molecule has 148 valence electrons. The van der Waals surface area contributed by atoms with Crippen LogP contribution in [0, 0.1) is 0 Å². The van der Waals surface area contributed by atoms with E-state index < -0.39 is 0 Å². The first-order valence-corrected chi connectivity index (χ1v) is 10.0. The van der Waals surface area contributed by atoms with Crippen LogP contribution in [-0.4, -0.2) is 37.2 Å². The summed E-state index contributed by atoms with van der Waals surface area (Å²) in [6.07, 6.45) is 3.89. The summed E-state index contributed by atoms with van der Waals surface area (Å²) in [4.78, 5) is 14.8. The van der Waals surface area contributed by atoms with Crippen molar-refractivity contribution in [3.8, 4) is 11.5 Å². The summed E-state index contributed by atoms with van der Waals surface area (Å²) in [6, 6.07) is 13.5. The van der Waals surface area contributed by atoms with Crippen LogP contribution in [0.3, 0.4) is 0 Å². The van der Waals surface area contributed by atoms with E-state index in [1.807, 2.05) is 18.2 Å². The molecule has 2 heterocycles. The second-order valence-electron chi connectivity index (χ2n) is 7.27. The van der Waals surface area contributed by atoms with E-state index >= 15 is 0 Å². The fraction of sp³-hybridized carbons (Fsp3) is 0.409. The number of urea groups is 1. The van der Waals surface area contributed by atoms with Crippen LogP contribution >= 0.6 is 0 Å². The maximum absolute atomic E-state index is 12.4. The highest BCUT2D eigenvalue weighted by Crippen LogP contribution is 2.32. The summed E-state index contributed by atoms with van der Waals surface area (Å²) in [5.74, 6) is 1.37. The zero-order valence-electron chi connectivity index (χ0n) is 16.1. The molecule has 0 spiro atoms. The van der Waals surface area contributed by atoms with Crippen LogP contribution in [0.1, 0.15) is 30.4 Å². The van der Waals surface area contributed by atoms with E-state index in [2.05, 4.69) is 33.7 Å². The predicted octanol–water partition coefficient (Wildman–Crippen LogP) is 3.77. The van der Waals surface area contributed by atoms with Crippen molar-refractivity contribution in [3.63, 3.8) is 0 Å². The van der Waals surface area contributed by atoms with Crippen LogP contribution in [0.25, 0.3) is 0 Å².